The number of carbonyl (C=O) groups is 2. The highest BCUT2D eigenvalue weighted by Crippen LogP contribution is 2.30. The Labute approximate surface area is 173 Å². The van der Waals surface area contributed by atoms with Gasteiger partial charge in [0.05, 0.1) is 24.3 Å². The Morgan fingerprint density at radius 1 is 1.17 bits per heavy atom. The summed E-state index contributed by atoms with van der Waals surface area (Å²) in [6, 6.07) is 4.98. The molecule has 2 saturated heterocycles. The number of amides is 2. The van der Waals surface area contributed by atoms with Gasteiger partial charge in [0.1, 0.15) is 0 Å². The smallest absolute Gasteiger partial charge is 0.370 e. The molecular weight excluding hydrogens is 399 g/mol. The van der Waals surface area contributed by atoms with E-state index in [4.69, 9.17) is 4.74 Å². The summed E-state index contributed by atoms with van der Waals surface area (Å²) in [6.45, 7) is 8.40. The third kappa shape index (κ3) is 5.20. The Morgan fingerprint density at radius 2 is 1.87 bits per heavy atom. The summed E-state index contributed by atoms with van der Waals surface area (Å²) in [5, 5.41) is 0. The fourth-order valence-corrected chi connectivity index (χ4v) is 3.99. The van der Waals surface area contributed by atoms with E-state index in [-0.39, 0.29) is 30.6 Å². The van der Waals surface area contributed by atoms with E-state index in [0.29, 0.717) is 44.8 Å². The Balaban J connectivity index is 1.68. The molecule has 0 N–H and O–H groups in total. The van der Waals surface area contributed by atoms with Gasteiger partial charge in [-0.3, -0.25) is 14.5 Å². The lowest BCUT2D eigenvalue weighted by atomic mass is 10.1. The van der Waals surface area contributed by atoms with E-state index in [0.717, 1.165) is 12.1 Å². The average Bonchev–Trinajstić information content (AvgIpc) is 3.15. The number of rotatable bonds is 5. The van der Waals surface area contributed by atoms with Crippen molar-refractivity contribution < 1.29 is 27.5 Å². The van der Waals surface area contributed by atoms with Gasteiger partial charge < -0.3 is 14.5 Å². The second-order valence-corrected chi connectivity index (χ2v) is 7.60. The summed E-state index contributed by atoms with van der Waals surface area (Å²) in [7, 11) is 0. The van der Waals surface area contributed by atoms with Gasteiger partial charge in [-0.1, -0.05) is 18.7 Å². The lowest BCUT2D eigenvalue weighted by Gasteiger charge is -2.39. The van der Waals surface area contributed by atoms with Crippen LogP contribution in [0, 0.1) is 0 Å². The second-order valence-electron chi connectivity index (χ2n) is 7.60. The highest BCUT2D eigenvalue weighted by molar-refractivity contribution is 5.87. The molecule has 0 aliphatic carbocycles. The molecule has 0 saturated carbocycles. The number of piperazine rings is 1. The van der Waals surface area contributed by atoms with E-state index in [9.17, 15) is 22.8 Å². The van der Waals surface area contributed by atoms with Gasteiger partial charge in [-0.15, -0.1) is 0 Å². The van der Waals surface area contributed by atoms with Crippen molar-refractivity contribution in [3.63, 3.8) is 0 Å². The molecular formula is C21H26F3N3O3. The van der Waals surface area contributed by atoms with Gasteiger partial charge in [-0.25, -0.2) is 0 Å². The Kier molecular flexibility index (Phi) is 6.82. The maximum absolute atomic E-state index is 13.0. The molecule has 0 unspecified atom stereocenters. The summed E-state index contributed by atoms with van der Waals surface area (Å²) in [5.41, 5.74) is -0.283. The molecule has 2 amide bonds. The van der Waals surface area contributed by atoms with Crippen LogP contribution < -0.4 is 0 Å². The van der Waals surface area contributed by atoms with Crippen LogP contribution in [0.15, 0.2) is 36.9 Å². The van der Waals surface area contributed by atoms with E-state index in [2.05, 4.69) is 11.5 Å². The van der Waals surface area contributed by atoms with Crippen LogP contribution in [0.5, 0.6) is 0 Å². The highest BCUT2D eigenvalue weighted by Gasteiger charge is 2.40. The second kappa shape index (κ2) is 9.18. The number of benzene rings is 1. The van der Waals surface area contributed by atoms with E-state index in [1.165, 1.54) is 19.1 Å². The lowest BCUT2D eigenvalue weighted by Crippen LogP contribution is -2.54. The van der Waals surface area contributed by atoms with Crippen LogP contribution in [-0.4, -0.2) is 77.9 Å². The topological polar surface area (TPSA) is 53.1 Å². The normalized spacial score (nSPS) is 22.9. The summed E-state index contributed by atoms with van der Waals surface area (Å²) in [4.78, 5) is 29.3. The van der Waals surface area contributed by atoms with Crippen molar-refractivity contribution in [1.82, 2.24) is 14.7 Å². The first kappa shape index (κ1) is 22.3. The van der Waals surface area contributed by atoms with Crippen molar-refractivity contribution in [1.29, 1.82) is 0 Å². The first-order valence-electron chi connectivity index (χ1n) is 9.87. The molecule has 6 nitrogen and oxygen atoms in total. The van der Waals surface area contributed by atoms with Gasteiger partial charge in [0.15, 0.2) is 0 Å². The molecule has 1 aromatic rings. The SMILES string of the molecule is C=CC(=O)N1C[C@@H](N2CCN(C(C)=O)CC2)[C@H](OCc2cccc(C(F)(F)F)c2)C1. The molecule has 2 aliphatic heterocycles. The minimum absolute atomic E-state index is 0.0224. The molecule has 30 heavy (non-hydrogen) atoms. The predicted molar refractivity (Wildman–Crippen MR) is 104 cm³/mol. The summed E-state index contributed by atoms with van der Waals surface area (Å²) >= 11 is 0. The third-order valence-corrected chi connectivity index (χ3v) is 5.67. The molecule has 0 spiro atoms. The zero-order chi connectivity index (χ0) is 21.9. The van der Waals surface area contributed by atoms with Gasteiger partial charge >= 0.3 is 6.18 Å². The van der Waals surface area contributed by atoms with Crippen molar-refractivity contribution in [2.75, 3.05) is 39.3 Å². The molecule has 2 heterocycles. The van der Waals surface area contributed by atoms with Crippen LogP contribution in [-0.2, 0) is 27.1 Å². The summed E-state index contributed by atoms with van der Waals surface area (Å²) in [5.74, 6) is -0.172. The minimum Gasteiger partial charge on any atom is -0.370 e. The quantitative estimate of drug-likeness (QED) is 0.679. The van der Waals surface area contributed by atoms with Crippen LogP contribution in [0.4, 0.5) is 13.2 Å². The molecule has 2 atom stereocenters. The van der Waals surface area contributed by atoms with Crippen LogP contribution in [0.2, 0.25) is 0 Å². The maximum atomic E-state index is 13.0. The summed E-state index contributed by atoms with van der Waals surface area (Å²) in [6.07, 6.45) is -3.50. The number of halogens is 3. The third-order valence-electron chi connectivity index (χ3n) is 5.67. The minimum atomic E-state index is -4.41. The Morgan fingerprint density at radius 3 is 2.47 bits per heavy atom. The molecule has 0 aromatic heterocycles. The number of hydrogen-bond donors (Lipinski definition) is 0. The number of nitrogens with zero attached hydrogens (tertiary/aromatic N) is 3. The van der Waals surface area contributed by atoms with Crippen molar-refractivity contribution in [2.45, 2.75) is 31.9 Å². The van der Waals surface area contributed by atoms with Crippen LogP contribution in [0.3, 0.4) is 0 Å². The standard InChI is InChI=1S/C21H26F3N3O3/c1-3-20(29)27-12-18(26-9-7-25(8-10-26)15(2)28)19(13-27)30-14-16-5-4-6-17(11-16)21(22,23)24/h3-6,11,18-19H,1,7-10,12-14H2,2H3/t18-,19-/m1/s1. The van der Waals surface area contributed by atoms with E-state index in [1.54, 1.807) is 15.9 Å². The van der Waals surface area contributed by atoms with Gasteiger partial charge in [0, 0.05) is 46.2 Å². The zero-order valence-corrected chi connectivity index (χ0v) is 16.9. The highest BCUT2D eigenvalue weighted by atomic mass is 19.4. The molecule has 0 radical (unpaired) electrons. The predicted octanol–water partition coefficient (Wildman–Crippen LogP) is 2.15. The molecule has 164 valence electrons. The van der Waals surface area contributed by atoms with Crippen LogP contribution in [0.1, 0.15) is 18.1 Å². The van der Waals surface area contributed by atoms with E-state index in [1.807, 2.05) is 0 Å². The molecule has 2 aliphatic rings. The first-order chi connectivity index (χ1) is 14.2. The van der Waals surface area contributed by atoms with Gasteiger partial charge in [-0.2, -0.15) is 13.2 Å². The lowest BCUT2D eigenvalue weighted by molar-refractivity contribution is -0.137. The molecule has 3 rings (SSSR count). The van der Waals surface area contributed by atoms with Gasteiger partial charge in [-0.05, 0) is 23.8 Å². The van der Waals surface area contributed by atoms with Crippen molar-refractivity contribution >= 4 is 11.8 Å². The Hall–Kier alpha value is -2.39. The van der Waals surface area contributed by atoms with Crippen molar-refractivity contribution in [3.8, 4) is 0 Å². The first-order valence-corrected chi connectivity index (χ1v) is 9.87. The number of hydrogen-bond acceptors (Lipinski definition) is 4. The van der Waals surface area contributed by atoms with E-state index < -0.39 is 11.7 Å². The number of likely N-dealkylation sites (tertiary alicyclic amines) is 1. The van der Waals surface area contributed by atoms with Crippen LogP contribution >= 0.6 is 0 Å². The zero-order valence-electron chi connectivity index (χ0n) is 16.9. The Bertz CT molecular complexity index is 791. The fourth-order valence-electron chi connectivity index (χ4n) is 3.99. The largest absolute Gasteiger partial charge is 0.416 e. The monoisotopic (exact) mass is 425 g/mol. The maximum Gasteiger partial charge on any atom is 0.416 e. The van der Waals surface area contributed by atoms with Crippen molar-refractivity contribution in [3.05, 3.63) is 48.0 Å². The average molecular weight is 425 g/mol. The number of carbonyl (C=O) groups excluding carboxylic acids is 2. The van der Waals surface area contributed by atoms with Gasteiger partial charge in [0.25, 0.3) is 0 Å². The number of ether oxygens (including phenoxy) is 1. The summed E-state index contributed by atoms with van der Waals surface area (Å²) < 4.78 is 44.9. The van der Waals surface area contributed by atoms with Crippen LogP contribution in [0.25, 0.3) is 0 Å². The molecule has 0 bridgehead atoms. The molecule has 1 aromatic carbocycles. The van der Waals surface area contributed by atoms with Crippen molar-refractivity contribution in [2.24, 2.45) is 0 Å². The number of alkyl halides is 3. The molecule has 9 heteroatoms. The fraction of sp³-hybridized carbons (Fsp3) is 0.524. The molecule has 2 fully saturated rings. The van der Waals surface area contributed by atoms with Gasteiger partial charge in [0.2, 0.25) is 11.8 Å². The van der Waals surface area contributed by atoms with E-state index >= 15 is 0 Å².